The van der Waals surface area contributed by atoms with Gasteiger partial charge in [-0.2, -0.15) is 0 Å². The van der Waals surface area contributed by atoms with E-state index in [4.69, 9.17) is 10.8 Å². The van der Waals surface area contributed by atoms with Crippen molar-refractivity contribution in [1.29, 1.82) is 0 Å². The van der Waals surface area contributed by atoms with E-state index in [1.165, 1.54) is 0 Å². The van der Waals surface area contributed by atoms with Gasteiger partial charge < -0.3 is 9.47 Å². The minimum absolute atomic E-state index is 0.350. The summed E-state index contributed by atoms with van der Waals surface area (Å²) in [4.78, 5) is 0. The average Bonchev–Trinajstić information content (AvgIpc) is 1.94. The predicted octanol–water partition coefficient (Wildman–Crippen LogP) is 0.423. The van der Waals surface area contributed by atoms with Crippen LogP contribution in [0.5, 0.6) is 0 Å². The number of ether oxygens (including phenoxy) is 2. The van der Waals surface area contributed by atoms with E-state index in [2.05, 4.69) is 0 Å². The van der Waals surface area contributed by atoms with Crippen LogP contribution in [0.3, 0.4) is 0 Å². The number of hydrogen-bond donors (Lipinski definition) is 0. The zero-order chi connectivity index (χ0) is 5.82. The lowest BCUT2D eigenvalue weighted by Crippen LogP contribution is -1.96. The summed E-state index contributed by atoms with van der Waals surface area (Å²) < 4.78 is 17.1. The highest BCUT2D eigenvalue weighted by Crippen LogP contribution is 1.90. The van der Waals surface area contributed by atoms with E-state index in [0.717, 1.165) is 0 Å². The van der Waals surface area contributed by atoms with Crippen LogP contribution >= 0.6 is 0 Å². The normalized spacial score (nSPS) is 36.6. The molecule has 0 radical (unpaired) electrons. The van der Waals surface area contributed by atoms with E-state index < -0.39 is 0 Å². The summed E-state index contributed by atoms with van der Waals surface area (Å²) in [6.45, 7) is 1.55. The molecule has 0 aromatic carbocycles. The van der Waals surface area contributed by atoms with Crippen LogP contribution in [0.1, 0.15) is 7.79 Å². The lowest BCUT2D eigenvalue weighted by atomic mass is 10.5. The topological polar surface area (TPSA) is 18.5 Å². The molecule has 1 unspecified atom stereocenters. The Morgan fingerprint density at radius 1 is 1.14 bits per heavy atom. The molecule has 0 saturated carbocycles. The van der Waals surface area contributed by atoms with Gasteiger partial charge in [-0.15, -0.1) is 0 Å². The molecule has 1 aliphatic heterocycles. The van der Waals surface area contributed by atoms with E-state index in [-0.39, 0.29) is 6.58 Å². The largest absolute Gasteiger partial charge is 0.379 e. The van der Waals surface area contributed by atoms with Gasteiger partial charge in [0.05, 0.1) is 14.6 Å². The fourth-order valence-electron chi connectivity index (χ4n) is 0.507. The van der Waals surface area contributed by atoms with E-state index in [1.54, 1.807) is 0 Å². The molecule has 2 nitrogen and oxygen atoms in total. The zero-order valence-electron chi connectivity index (χ0n) is 5.22. The molecule has 0 spiro atoms. The zero-order valence-corrected chi connectivity index (χ0v) is 4.22. The van der Waals surface area contributed by atoms with Crippen molar-refractivity contribution < 1.29 is 10.8 Å². The van der Waals surface area contributed by atoms with Crippen LogP contribution in [0.25, 0.3) is 0 Å². The molecule has 1 saturated heterocycles. The summed E-state index contributed by atoms with van der Waals surface area (Å²) in [6.07, 6.45) is 0.708. The van der Waals surface area contributed by atoms with Crippen molar-refractivity contribution in [2.24, 2.45) is 0 Å². The van der Waals surface area contributed by atoms with Gasteiger partial charge in [-0.3, -0.25) is 0 Å². The molecule has 2 heteroatoms. The maximum atomic E-state index is 7.11. The van der Waals surface area contributed by atoms with Crippen molar-refractivity contribution in [3.8, 4) is 0 Å². The first-order valence-corrected chi connectivity index (χ1v) is 2.51. The molecule has 0 aromatic heterocycles. The smallest absolute Gasteiger partial charge is 0.0700 e. The van der Waals surface area contributed by atoms with Gasteiger partial charge in [-0.1, -0.05) is 0 Å². The van der Waals surface area contributed by atoms with Gasteiger partial charge >= 0.3 is 0 Å². The van der Waals surface area contributed by atoms with Gasteiger partial charge in [0.2, 0.25) is 0 Å². The molecular formula is C5H10O2. The van der Waals surface area contributed by atoms with Crippen LogP contribution in [-0.4, -0.2) is 26.4 Å². The van der Waals surface area contributed by atoms with Crippen LogP contribution in [0.2, 0.25) is 0 Å². The quantitative estimate of drug-likeness (QED) is 0.442. The third-order valence-corrected chi connectivity index (χ3v) is 0.843. The Balaban J connectivity index is 2.17. The van der Waals surface area contributed by atoms with Crippen LogP contribution in [0, 0.1) is 0 Å². The van der Waals surface area contributed by atoms with Crippen LogP contribution in [-0.2, 0) is 9.47 Å². The fourth-order valence-corrected chi connectivity index (χ4v) is 0.507. The van der Waals surface area contributed by atoms with E-state index in [9.17, 15) is 0 Å². The van der Waals surface area contributed by atoms with Crippen LogP contribution in [0.15, 0.2) is 0 Å². The molecular weight excluding hydrogens is 92.1 g/mol. The minimum Gasteiger partial charge on any atom is -0.379 e. The first-order chi connectivity index (χ1) is 3.89. The van der Waals surface area contributed by atoms with Gasteiger partial charge in [0, 0.05) is 13.2 Å². The molecule has 1 rings (SSSR count). The highest BCUT2D eigenvalue weighted by atomic mass is 16.5. The molecule has 1 atom stereocenters. The fraction of sp³-hybridized carbons (Fsp3) is 1.00. The molecule has 0 N–H and O–H groups in total. The van der Waals surface area contributed by atoms with E-state index >= 15 is 0 Å². The third kappa shape index (κ3) is 1.90. The molecule has 0 aliphatic carbocycles. The summed E-state index contributed by atoms with van der Waals surface area (Å²) in [5.74, 6) is 0. The molecule has 0 bridgehead atoms. The van der Waals surface area contributed by atoms with E-state index in [1.807, 2.05) is 0 Å². The van der Waals surface area contributed by atoms with Gasteiger partial charge in [0.15, 0.2) is 0 Å². The number of rotatable bonds is 0. The number of hydrogen-bond acceptors (Lipinski definition) is 2. The summed E-state index contributed by atoms with van der Waals surface area (Å²) in [7, 11) is 0. The lowest BCUT2D eigenvalue weighted by Gasteiger charge is -1.91. The van der Waals surface area contributed by atoms with Gasteiger partial charge in [0.1, 0.15) is 0 Å². The maximum Gasteiger partial charge on any atom is 0.0700 e. The summed E-state index contributed by atoms with van der Waals surface area (Å²) in [5, 5.41) is 0. The van der Waals surface area contributed by atoms with Crippen molar-refractivity contribution in [2.45, 2.75) is 6.42 Å². The standard InChI is InChI=1S/C5H10O2/c1-2-6-4-5-7-3-1/h1-5H2/i2D. The van der Waals surface area contributed by atoms with Crippen molar-refractivity contribution in [3.63, 3.8) is 0 Å². The first-order valence-electron chi connectivity index (χ1n) is 3.09. The average molecular weight is 103 g/mol. The predicted molar refractivity (Wildman–Crippen MR) is 26.3 cm³/mol. The first kappa shape index (κ1) is 3.87. The van der Waals surface area contributed by atoms with E-state index in [0.29, 0.717) is 26.2 Å². The second kappa shape index (κ2) is 2.99. The molecule has 1 aliphatic rings. The van der Waals surface area contributed by atoms with Crippen LogP contribution in [0.4, 0.5) is 0 Å². The summed E-state index contributed by atoms with van der Waals surface area (Å²) in [6, 6.07) is 0. The molecule has 7 heavy (non-hydrogen) atoms. The van der Waals surface area contributed by atoms with Crippen molar-refractivity contribution in [3.05, 3.63) is 0 Å². The summed E-state index contributed by atoms with van der Waals surface area (Å²) in [5.41, 5.74) is 0. The van der Waals surface area contributed by atoms with Crippen molar-refractivity contribution >= 4 is 0 Å². The Bertz CT molecular complexity index is 59.4. The molecule has 42 valence electrons. The second-order valence-electron chi connectivity index (χ2n) is 1.44. The Morgan fingerprint density at radius 2 is 2.00 bits per heavy atom. The Labute approximate surface area is 44.8 Å². The highest BCUT2D eigenvalue weighted by molar-refractivity contribution is 4.39. The monoisotopic (exact) mass is 103 g/mol. The van der Waals surface area contributed by atoms with Gasteiger partial charge in [0.25, 0.3) is 0 Å². The molecule has 0 aromatic rings. The third-order valence-electron chi connectivity index (χ3n) is 0.843. The van der Waals surface area contributed by atoms with Crippen molar-refractivity contribution in [1.82, 2.24) is 0 Å². The lowest BCUT2D eigenvalue weighted by molar-refractivity contribution is 0.103. The maximum absolute atomic E-state index is 7.11. The molecule has 1 heterocycles. The SMILES string of the molecule is [2H]C1CCOCCO1. The van der Waals surface area contributed by atoms with Crippen LogP contribution < -0.4 is 0 Å². The Kier molecular flexibility index (Phi) is 1.65. The Hall–Kier alpha value is -0.0800. The van der Waals surface area contributed by atoms with Crippen molar-refractivity contribution in [2.75, 3.05) is 26.4 Å². The Morgan fingerprint density at radius 3 is 3.00 bits per heavy atom. The minimum atomic E-state index is -0.350. The molecule has 0 amide bonds. The second-order valence-corrected chi connectivity index (χ2v) is 1.44. The summed E-state index contributed by atoms with van der Waals surface area (Å²) >= 11 is 0. The highest BCUT2D eigenvalue weighted by Gasteiger charge is 1.94. The van der Waals surface area contributed by atoms with Gasteiger partial charge in [-0.05, 0) is 6.42 Å². The molecule has 1 fully saturated rings. The van der Waals surface area contributed by atoms with Gasteiger partial charge in [-0.25, -0.2) is 0 Å².